The number of carbonyl (C=O) groups is 2. The molecule has 1 aliphatic rings. The summed E-state index contributed by atoms with van der Waals surface area (Å²) in [7, 11) is 3.14. The van der Waals surface area contributed by atoms with E-state index in [1.807, 2.05) is 0 Å². The van der Waals surface area contributed by atoms with Gasteiger partial charge >= 0.3 is 5.97 Å². The largest absolute Gasteiger partial charge is 0.497 e. The van der Waals surface area contributed by atoms with Crippen LogP contribution in [-0.2, 0) is 9.59 Å². The van der Waals surface area contributed by atoms with Crippen molar-refractivity contribution < 1.29 is 24.2 Å². The van der Waals surface area contributed by atoms with Crippen LogP contribution in [0.1, 0.15) is 6.42 Å². The van der Waals surface area contributed by atoms with Crippen LogP contribution in [0.2, 0.25) is 0 Å². The van der Waals surface area contributed by atoms with E-state index in [4.69, 9.17) is 14.6 Å². The second-order valence-electron chi connectivity index (χ2n) is 5.67. The quantitative estimate of drug-likeness (QED) is 0.819. The Balaban J connectivity index is 1.97. The molecule has 0 unspecified atom stereocenters. The van der Waals surface area contributed by atoms with E-state index in [0.717, 1.165) is 11.8 Å². The minimum absolute atomic E-state index is 0.266. The van der Waals surface area contributed by atoms with E-state index >= 15 is 0 Å². The van der Waals surface area contributed by atoms with Crippen molar-refractivity contribution in [3.8, 4) is 11.5 Å². The molecular formula is C19H18N2O5S. The first-order valence-electron chi connectivity index (χ1n) is 8.11. The fourth-order valence-electron chi connectivity index (χ4n) is 2.57. The SMILES string of the molecule is COc1ccc(N=C2S[C@H](CC(=O)O)C(=O)N2c2ccc(OC)cc2)cc1. The Hall–Kier alpha value is -3.00. The molecule has 27 heavy (non-hydrogen) atoms. The van der Waals surface area contributed by atoms with E-state index in [0.29, 0.717) is 28.0 Å². The molecule has 1 aliphatic heterocycles. The highest BCUT2D eigenvalue weighted by atomic mass is 32.2. The molecule has 8 heteroatoms. The number of nitrogens with zero attached hydrogens (tertiary/aromatic N) is 2. The molecule has 2 aromatic carbocycles. The highest BCUT2D eigenvalue weighted by Crippen LogP contribution is 2.36. The summed E-state index contributed by atoms with van der Waals surface area (Å²) in [5.74, 6) is 0.0275. The fraction of sp³-hybridized carbons (Fsp3) is 0.211. The second kappa shape index (κ2) is 8.13. The number of methoxy groups -OCH3 is 2. The Kier molecular flexibility index (Phi) is 5.66. The van der Waals surface area contributed by atoms with Crippen molar-refractivity contribution in [3.63, 3.8) is 0 Å². The molecule has 0 spiro atoms. The summed E-state index contributed by atoms with van der Waals surface area (Å²) in [5, 5.41) is 8.81. The molecule has 1 heterocycles. The van der Waals surface area contributed by atoms with Crippen LogP contribution >= 0.6 is 11.8 Å². The topological polar surface area (TPSA) is 88.4 Å². The number of hydrogen-bond acceptors (Lipinski definition) is 6. The lowest BCUT2D eigenvalue weighted by molar-refractivity contribution is -0.138. The summed E-state index contributed by atoms with van der Waals surface area (Å²) in [6.45, 7) is 0. The summed E-state index contributed by atoms with van der Waals surface area (Å²) < 4.78 is 10.3. The van der Waals surface area contributed by atoms with Crippen LogP contribution in [0.3, 0.4) is 0 Å². The minimum Gasteiger partial charge on any atom is -0.497 e. The zero-order chi connectivity index (χ0) is 19.4. The number of carbonyl (C=O) groups excluding carboxylic acids is 1. The lowest BCUT2D eigenvalue weighted by Gasteiger charge is -2.17. The number of aliphatic carboxylic acids is 1. The number of rotatable bonds is 6. The molecule has 1 fully saturated rings. The maximum Gasteiger partial charge on any atom is 0.305 e. The number of amidine groups is 1. The number of anilines is 1. The molecule has 0 aromatic heterocycles. The monoisotopic (exact) mass is 386 g/mol. The van der Waals surface area contributed by atoms with E-state index < -0.39 is 11.2 Å². The first-order chi connectivity index (χ1) is 13.0. The number of thioether (sulfide) groups is 1. The van der Waals surface area contributed by atoms with E-state index in [1.54, 1.807) is 62.8 Å². The highest BCUT2D eigenvalue weighted by Gasteiger charge is 2.40. The van der Waals surface area contributed by atoms with Crippen molar-refractivity contribution in [1.29, 1.82) is 0 Å². The molecule has 0 radical (unpaired) electrons. The molecule has 2 aromatic rings. The van der Waals surface area contributed by atoms with E-state index in [2.05, 4.69) is 4.99 Å². The van der Waals surface area contributed by atoms with E-state index in [9.17, 15) is 9.59 Å². The van der Waals surface area contributed by atoms with Crippen LogP contribution in [0.15, 0.2) is 53.5 Å². The standard InChI is InChI=1S/C19H18N2O5S/c1-25-14-7-3-12(4-8-14)20-19-21(13-5-9-15(26-2)10-6-13)18(24)16(27-19)11-17(22)23/h3-10,16H,11H2,1-2H3,(H,22,23)/t16-/m1/s1. The molecule has 140 valence electrons. The van der Waals surface area contributed by atoms with Gasteiger partial charge in [0.25, 0.3) is 0 Å². The molecule has 7 nitrogen and oxygen atoms in total. The van der Waals surface area contributed by atoms with Crippen LogP contribution < -0.4 is 14.4 Å². The number of carboxylic acid groups (broad SMARTS) is 1. The first-order valence-corrected chi connectivity index (χ1v) is 8.99. The summed E-state index contributed by atoms with van der Waals surface area (Å²) in [6, 6.07) is 14.0. The van der Waals surface area contributed by atoms with Gasteiger partial charge in [-0.05, 0) is 48.5 Å². The smallest absolute Gasteiger partial charge is 0.305 e. The molecule has 3 rings (SSSR count). The Morgan fingerprint density at radius 2 is 1.63 bits per heavy atom. The van der Waals surface area contributed by atoms with Crippen LogP contribution in [0.5, 0.6) is 11.5 Å². The number of ether oxygens (including phenoxy) is 2. The predicted octanol–water partition coefficient (Wildman–Crippen LogP) is 3.31. The van der Waals surface area contributed by atoms with Crippen LogP contribution in [0.4, 0.5) is 11.4 Å². The van der Waals surface area contributed by atoms with Crippen molar-refractivity contribution >= 4 is 40.2 Å². The molecule has 0 bridgehead atoms. The van der Waals surface area contributed by atoms with Crippen molar-refractivity contribution in [1.82, 2.24) is 0 Å². The predicted molar refractivity (Wildman–Crippen MR) is 104 cm³/mol. The van der Waals surface area contributed by atoms with Gasteiger partial charge in [0.15, 0.2) is 5.17 Å². The Morgan fingerprint density at radius 3 is 2.15 bits per heavy atom. The highest BCUT2D eigenvalue weighted by molar-refractivity contribution is 8.16. The maximum absolute atomic E-state index is 12.8. The minimum atomic E-state index is -1.03. The molecule has 1 atom stereocenters. The molecule has 1 saturated heterocycles. The van der Waals surface area contributed by atoms with Crippen molar-refractivity contribution in [2.45, 2.75) is 11.7 Å². The van der Waals surface area contributed by atoms with E-state index in [1.165, 1.54) is 4.90 Å². The Morgan fingerprint density at radius 1 is 1.07 bits per heavy atom. The molecule has 0 saturated carbocycles. The average Bonchev–Trinajstić information content (AvgIpc) is 2.97. The summed E-state index contributed by atoms with van der Waals surface area (Å²) in [5.41, 5.74) is 1.24. The van der Waals surface area contributed by atoms with Gasteiger partial charge in [-0.1, -0.05) is 11.8 Å². The van der Waals surface area contributed by atoms with Gasteiger partial charge in [0, 0.05) is 0 Å². The Bertz CT molecular complexity index is 865. The van der Waals surface area contributed by atoms with Crippen LogP contribution in [0.25, 0.3) is 0 Å². The summed E-state index contributed by atoms with van der Waals surface area (Å²) in [6.07, 6.45) is -0.266. The van der Waals surface area contributed by atoms with E-state index in [-0.39, 0.29) is 12.3 Å². The lowest BCUT2D eigenvalue weighted by Crippen LogP contribution is -2.32. The summed E-state index contributed by atoms with van der Waals surface area (Å²) in [4.78, 5) is 29.9. The van der Waals surface area contributed by atoms with Gasteiger partial charge in [0.2, 0.25) is 5.91 Å². The van der Waals surface area contributed by atoms with Gasteiger partial charge in [-0.15, -0.1) is 0 Å². The average molecular weight is 386 g/mol. The van der Waals surface area contributed by atoms with Gasteiger partial charge in [0.05, 0.1) is 32.0 Å². The molecule has 1 N–H and O–H groups in total. The Labute approximate surface area is 160 Å². The number of hydrogen-bond donors (Lipinski definition) is 1. The zero-order valence-electron chi connectivity index (χ0n) is 14.8. The summed E-state index contributed by atoms with van der Waals surface area (Å²) >= 11 is 1.15. The number of carboxylic acids is 1. The number of benzene rings is 2. The van der Waals surface area contributed by atoms with Gasteiger partial charge in [-0.2, -0.15) is 0 Å². The van der Waals surface area contributed by atoms with Gasteiger partial charge in [0.1, 0.15) is 16.7 Å². The zero-order valence-corrected chi connectivity index (χ0v) is 15.6. The number of amides is 1. The fourth-order valence-corrected chi connectivity index (χ4v) is 3.71. The normalized spacial score (nSPS) is 18.0. The lowest BCUT2D eigenvalue weighted by atomic mass is 10.2. The third kappa shape index (κ3) is 4.22. The van der Waals surface area contributed by atoms with Crippen LogP contribution in [-0.4, -0.2) is 41.6 Å². The van der Waals surface area contributed by atoms with Gasteiger partial charge in [-0.3, -0.25) is 14.5 Å². The van der Waals surface area contributed by atoms with Crippen LogP contribution in [0, 0.1) is 0 Å². The second-order valence-corrected chi connectivity index (χ2v) is 6.84. The molecule has 1 amide bonds. The molecular weight excluding hydrogens is 368 g/mol. The third-order valence-corrected chi connectivity index (χ3v) is 5.06. The van der Waals surface area contributed by atoms with Crippen molar-refractivity contribution in [3.05, 3.63) is 48.5 Å². The first kappa shape index (κ1) is 18.8. The number of aliphatic imine (C=N–C) groups is 1. The van der Waals surface area contributed by atoms with Gasteiger partial charge < -0.3 is 14.6 Å². The van der Waals surface area contributed by atoms with Crippen molar-refractivity contribution in [2.24, 2.45) is 4.99 Å². The van der Waals surface area contributed by atoms with Crippen molar-refractivity contribution in [2.75, 3.05) is 19.1 Å². The van der Waals surface area contributed by atoms with Gasteiger partial charge in [-0.25, -0.2) is 4.99 Å². The maximum atomic E-state index is 12.8. The molecule has 0 aliphatic carbocycles. The third-order valence-electron chi connectivity index (χ3n) is 3.92.